The number of aromatic carboxylic acids is 1. The number of fused-ring (bicyclic) bond motifs is 1. The van der Waals surface area contributed by atoms with Gasteiger partial charge in [0.05, 0.1) is 11.1 Å². The van der Waals surface area contributed by atoms with Crippen molar-refractivity contribution < 1.29 is 9.90 Å². The number of hydrogen-bond donors (Lipinski definition) is 1. The smallest absolute Gasteiger partial charge is 0.335 e. The topological polar surface area (TPSA) is 68.0 Å². The van der Waals surface area contributed by atoms with Gasteiger partial charge in [0.2, 0.25) is 0 Å². The summed E-state index contributed by atoms with van der Waals surface area (Å²) in [6, 6.07) is 4.88. The summed E-state index contributed by atoms with van der Waals surface area (Å²) < 4.78 is 1.78. The monoisotopic (exact) mass is 265 g/mol. The van der Waals surface area contributed by atoms with Gasteiger partial charge < -0.3 is 5.11 Å². The molecule has 6 heteroatoms. The van der Waals surface area contributed by atoms with Gasteiger partial charge in [0.15, 0.2) is 0 Å². The van der Waals surface area contributed by atoms with Gasteiger partial charge in [-0.05, 0) is 43.0 Å². The fraction of sp³-hybridized carbons (Fsp3) is 0.417. The molecular weight excluding hydrogens is 250 g/mol. The third-order valence-corrected chi connectivity index (χ3v) is 3.43. The summed E-state index contributed by atoms with van der Waals surface area (Å²) in [6.07, 6.45) is 4.24. The molecule has 1 aromatic heterocycles. The van der Waals surface area contributed by atoms with Crippen molar-refractivity contribution in [3.63, 3.8) is 0 Å². The Hall–Kier alpha value is -1.56. The van der Waals surface area contributed by atoms with Crippen molar-refractivity contribution in [2.24, 2.45) is 0 Å². The Balaban J connectivity index is 2.17. The third kappa shape index (κ3) is 2.81. The summed E-state index contributed by atoms with van der Waals surface area (Å²) in [5, 5.41) is 17.1. The van der Waals surface area contributed by atoms with Gasteiger partial charge in [-0.1, -0.05) is 5.21 Å². The summed E-state index contributed by atoms with van der Waals surface area (Å²) in [4.78, 5) is 10.9. The van der Waals surface area contributed by atoms with Crippen LogP contribution in [0.1, 0.15) is 23.2 Å². The predicted molar refractivity (Wildman–Crippen MR) is 72.1 cm³/mol. The lowest BCUT2D eigenvalue weighted by Crippen LogP contribution is -2.02. The number of carbonyl (C=O) groups is 1. The number of rotatable bonds is 6. The molecule has 0 unspecified atom stereocenters. The van der Waals surface area contributed by atoms with Gasteiger partial charge in [0.25, 0.3) is 0 Å². The molecule has 0 spiro atoms. The van der Waals surface area contributed by atoms with Crippen molar-refractivity contribution >= 4 is 28.8 Å². The molecule has 2 aromatic rings. The van der Waals surface area contributed by atoms with Gasteiger partial charge in [0, 0.05) is 6.54 Å². The Bertz CT molecular complexity index is 553. The zero-order chi connectivity index (χ0) is 13.0. The van der Waals surface area contributed by atoms with Crippen LogP contribution in [0.25, 0.3) is 11.0 Å². The van der Waals surface area contributed by atoms with Gasteiger partial charge in [-0.25, -0.2) is 9.48 Å². The van der Waals surface area contributed by atoms with Crippen molar-refractivity contribution in [1.29, 1.82) is 0 Å². The highest BCUT2D eigenvalue weighted by Crippen LogP contribution is 2.14. The number of aryl methyl sites for hydroxylation is 1. The minimum absolute atomic E-state index is 0.273. The summed E-state index contributed by atoms with van der Waals surface area (Å²) in [6.45, 7) is 0.778. The highest BCUT2D eigenvalue weighted by atomic mass is 32.2. The van der Waals surface area contributed by atoms with E-state index in [-0.39, 0.29) is 5.56 Å². The van der Waals surface area contributed by atoms with Crippen LogP contribution in [0.15, 0.2) is 18.2 Å². The van der Waals surface area contributed by atoms with Crippen molar-refractivity contribution in [2.75, 3.05) is 12.0 Å². The van der Waals surface area contributed by atoms with Crippen LogP contribution < -0.4 is 0 Å². The fourth-order valence-corrected chi connectivity index (χ4v) is 2.26. The van der Waals surface area contributed by atoms with Crippen LogP contribution in [0.4, 0.5) is 0 Å². The number of hydrogen-bond acceptors (Lipinski definition) is 4. The molecule has 1 heterocycles. The molecule has 5 nitrogen and oxygen atoms in total. The number of thioether (sulfide) groups is 1. The van der Waals surface area contributed by atoms with Gasteiger partial charge in [0.1, 0.15) is 5.52 Å². The normalized spacial score (nSPS) is 10.9. The quantitative estimate of drug-likeness (QED) is 0.811. The van der Waals surface area contributed by atoms with Crippen LogP contribution in [0.5, 0.6) is 0 Å². The van der Waals surface area contributed by atoms with E-state index >= 15 is 0 Å². The minimum Gasteiger partial charge on any atom is -0.478 e. The number of unbranched alkanes of at least 4 members (excludes halogenated alkanes) is 1. The number of benzene rings is 1. The number of carboxylic acid groups (broad SMARTS) is 1. The van der Waals surface area contributed by atoms with Crippen molar-refractivity contribution in [2.45, 2.75) is 19.4 Å². The zero-order valence-corrected chi connectivity index (χ0v) is 11.0. The third-order valence-electron chi connectivity index (χ3n) is 2.73. The van der Waals surface area contributed by atoms with Gasteiger partial charge in [-0.3, -0.25) is 0 Å². The first-order chi connectivity index (χ1) is 8.72. The largest absolute Gasteiger partial charge is 0.478 e. The molecule has 0 saturated carbocycles. The number of nitrogens with zero attached hydrogens (tertiary/aromatic N) is 3. The highest BCUT2D eigenvalue weighted by Gasteiger charge is 2.08. The summed E-state index contributed by atoms with van der Waals surface area (Å²) >= 11 is 1.83. The van der Waals surface area contributed by atoms with E-state index < -0.39 is 5.97 Å². The summed E-state index contributed by atoms with van der Waals surface area (Å²) in [7, 11) is 0. The first-order valence-electron chi connectivity index (χ1n) is 5.78. The standard InChI is InChI=1S/C12H15N3O2S/c1-18-7-3-2-6-15-11-8-9(12(16)17)4-5-10(11)13-14-15/h4-5,8H,2-3,6-7H2,1H3,(H,16,17). The molecule has 96 valence electrons. The Morgan fingerprint density at radius 3 is 3.00 bits per heavy atom. The van der Waals surface area contributed by atoms with Crippen molar-refractivity contribution in [3.8, 4) is 0 Å². The molecule has 0 aliphatic rings. The Morgan fingerprint density at radius 2 is 2.28 bits per heavy atom. The van der Waals surface area contributed by atoms with E-state index in [2.05, 4.69) is 16.6 Å². The van der Waals surface area contributed by atoms with Crippen LogP contribution in [0, 0.1) is 0 Å². The van der Waals surface area contributed by atoms with E-state index in [9.17, 15) is 4.79 Å². The van der Waals surface area contributed by atoms with Crippen molar-refractivity contribution in [1.82, 2.24) is 15.0 Å². The summed E-state index contributed by atoms with van der Waals surface area (Å²) in [5.74, 6) is 0.208. The van der Waals surface area contributed by atoms with E-state index in [0.29, 0.717) is 0 Å². The lowest BCUT2D eigenvalue weighted by Gasteiger charge is -2.02. The Labute approximate surface area is 109 Å². The second-order valence-corrected chi connectivity index (χ2v) is 5.01. The van der Waals surface area contributed by atoms with Gasteiger partial charge >= 0.3 is 5.97 Å². The van der Waals surface area contributed by atoms with E-state index in [0.717, 1.165) is 36.2 Å². The van der Waals surface area contributed by atoms with E-state index in [1.54, 1.807) is 22.9 Å². The van der Waals surface area contributed by atoms with Crippen LogP contribution in [0.3, 0.4) is 0 Å². The van der Waals surface area contributed by atoms with Gasteiger partial charge in [-0.15, -0.1) is 5.10 Å². The molecule has 0 atom stereocenters. The average Bonchev–Trinajstić information content (AvgIpc) is 2.77. The zero-order valence-electron chi connectivity index (χ0n) is 10.2. The number of carboxylic acids is 1. The maximum absolute atomic E-state index is 10.9. The maximum Gasteiger partial charge on any atom is 0.335 e. The molecule has 0 aliphatic carbocycles. The Kier molecular flexibility index (Phi) is 4.19. The second-order valence-electron chi connectivity index (χ2n) is 4.02. The minimum atomic E-state index is -0.924. The Morgan fingerprint density at radius 1 is 1.44 bits per heavy atom. The molecule has 0 aliphatic heterocycles. The lowest BCUT2D eigenvalue weighted by atomic mass is 10.2. The lowest BCUT2D eigenvalue weighted by molar-refractivity contribution is 0.0697. The van der Waals surface area contributed by atoms with E-state index in [1.807, 2.05) is 11.8 Å². The van der Waals surface area contributed by atoms with Crippen LogP contribution in [-0.2, 0) is 6.54 Å². The van der Waals surface area contributed by atoms with E-state index in [1.165, 1.54) is 0 Å². The first-order valence-corrected chi connectivity index (χ1v) is 7.17. The van der Waals surface area contributed by atoms with Crippen molar-refractivity contribution in [3.05, 3.63) is 23.8 Å². The molecule has 0 fully saturated rings. The second kappa shape index (κ2) is 5.86. The molecular formula is C12H15N3O2S. The molecule has 0 amide bonds. The molecule has 0 saturated heterocycles. The van der Waals surface area contributed by atoms with E-state index in [4.69, 9.17) is 5.11 Å². The predicted octanol–water partition coefficient (Wildman–Crippen LogP) is 2.27. The summed E-state index contributed by atoms with van der Waals surface area (Å²) in [5.41, 5.74) is 1.80. The highest BCUT2D eigenvalue weighted by molar-refractivity contribution is 7.98. The molecule has 2 rings (SSSR count). The molecule has 18 heavy (non-hydrogen) atoms. The average molecular weight is 265 g/mol. The van der Waals surface area contributed by atoms with Crippen LogP contribution >= 0.6 is 11.8 Å². The fourth-order valence-electron chi connectivity index (χ4n) is 1.77. The molecule has 0 radical (unpaired) electrons. The molecule has 1 N–H and O–H groups in total. The van der Waals surface area contributed by atoms with Gasteiger partial charge in [-0.2, -0.15) is 11.8 Å². The first kappa shape index (κ1) is 12.9. The molecule has 0 bridgehead atoms. The number of aromatic nitrogens is 3. The molecule has 1 aromatic carbocycles. The van der Waals surface area contributed by atoms with Crippen LogP contribution in [-0.4, -0.2) is 38.1 Å². The SMILES string of the molecule is CSCCCCn1nnc2ccc(C(=O)O)cc21. The van der Waals surface area contributed by atoms with Crippen LogP contribution in [0.2, 0.25) is 0 Å². The maximum atomic E-state index is 10.9.